The zero-order valence-corrected chi connectivity index (χ0v) is 17.5. The number of nitrogens with zero attached hydrogens (tertiary/aromatic N) is 2. The van der Waals surface area contributed by atoms with Gasteiger partial charge in [-0.15, -0.1) is 11.8 Å². The SMILES string of the molecule is Cc1cccc(SCC(=O)N2CCN(S(=O)(=O)/C=C/c3ccccc3)CC2)c1. The van der Waals surface area contributed by atoms with Crippen LogP contribution >= 0.6 is 11.8 Å². The maximum atomic E-state index is 12.5. The highest BCUT2D eigenvalue weighted by Gasteiger charge is 2.27. The van der Waals surface area contributed by atoms with E-state index in [0.717, 1.165) is 10.5 Å². The molecule has 0 saturated carbocycles. The van der Waals surface area contributed by atoms with Crippen LogP contribution in [0.4, 0.5) is 0 Å². The summed E-state index contributed by atoms with van der Waals surface area (Å²) in [6.45, 7) is 3.51. The summed E-state index contributed by atoms with van der Waals surface area (Å²) in [5.41, 5.74) is 2.01. The summed E-state index contributed by atoms with van der Waals surface area (Å²) in [7, 11) is -3.48. The van der Waals surface area contributed by atoms with Crippen LogP contribution in [0, 0.1) is 6.92 Å². The monoisotopic (exact) mass is 416 g/mol. The second-order valence-electron chi connectivity index (χ2n) is 6.64. The van der Waals surface area contributed by atoms with Crippen molar-refractivity contribution in [3.8, 4) is 0 Å². The molecule has 0 unspecified atom stereocenters. The summed E-state index contributed by atoms with van der Waals surface area (Å²) in [6.07, 6.45) is 1.60. The molecule has 28 heavy (non-hydrogen) atoms. The molecule has 1 heterocycles. The maximum absolute atomic E-state index is 12.5. The number of sulfonamides is 1. The lowest BCUT2D eigenvalue weighted by Crippen LogP contribution is -2.50. The van der Waals surface area contributed by atoms with Gasteiger partial charge >= 0.3 is 0 Å². The first kappa shape index (κ1) is 20.6. The van der Waals surface area contributed by atoms with Crippen molar-refractivity contribution in [2.24, 2.45) is 0 Å². The van der Waals surface area contributed by atoms with Gasteiger partial charge in [0.2, 0.25) is 15.9 Å². The highest BCUT2D eigenvalue weighted by molar-refractivity contribution is 8.00. The normalized spacial score (nSPS) is 15.8. The third-order valence-electron chi connectivity index (χ3n) is 4.54. The number of benzene rings is 2. The Morgan fingerprint density at radius 1 is 1.04 bits per heavy atom. The molecule has 7 heteroatoms. The van der Waals surface area contributed by atoms with Gasteiger partial charge in [-0.05, 0) is 30.7 Å². The lowest BCUT2D eigenvalue weighted by Gasteiger charge is -2.33. The smallest absolute Gasteiger partial charge is 0.236 e. The predicted molar refractivity (Wildman–Crippen MR) is 114 cm³/mol. The van der Waals surface area contributed by atoms with E-state index in [2.05, 4.69) is 6.07 Å². The van der Waals surface area contributed by atoms with Gasteiger partial charge in [0.15, 0.2) is 0 Å². The number of rotatable bonds is 6. The van der Waals surface area contributed by atoms with Gasteiger partial charge in [-0.25, -0.2) is 8.42 Å². The van der Waals surface area contributed by atoms with Crippen molar-refractivity contribution < 1.29 is 13.2 Å². The van der Waals surface area contributed by atoms with E-state index >= 15 is 0 Å². The van der Waals surface area contributed by atoms with Gasteiger partial charge in [-0.2, -0.15) is 4.31 Å². The fourth-order valence-electron chi connectivity index (χ4n) is 2.95. The summed E-state index contributed by atoms with van der Waals surface area (Å²) in [5.74, 6) is 0.410. The Labute approximate surface area is 171 Å². The molecule has 2 aromatic rings. The molecule has 0 aromatic heterocycles. The molecule has 148 valence electrons. The lowest BCUT2D eigenvalue weighted by molar-refractivity contribution is -0.129. The fraction of sp³-hybridized carbons (Fsp3) is 0.286. The van der Waals surface area contributed by atoms with Gasteiger partial charge in [0.05, 0.1) is 5.75 Å². The Morgan fingerprint density at radius 2 is 1.75 bits per heavy atom. The molecule has 1 amide bonds. The van der Waals surface area contributed by atoms with E-state index in [4.69, 9.17) is 0 Å². The zero-order valence-electron chi connectivity index (χ0n) is 15.8. The van der Waals surface area contributed by atoms with E-state index in [1.54, 1.807) is 11.0 Å². The Hall–Kier alpha value is -2.09. The number of carbonyl (C=O) groups is 1. The number of hydrogen-bond acceptors (Lipinski definition) is 4. The largest absolute Gasteiger partial charge is 0.339 e. The number of hydrogen-bond donors (Lipinski definition) is 0. The molecule has 1 aliphatic rings. The number of piperazine rings is 1. The molecule has 0 spiro atoms. The Balaban J connectivity index is 1.50. The maximum Gasteiger partial charge on any atom is 0.236 e. The molecule has 2 aromatic carbocycles. The molecule has 1 aliphatic heterocycles. The third kappa shape index (κ3) is 5.70. The molecule has 0 atom stereocenters. The molecule has 0 bridgehead atoms. The van der Waals surface area contributed by atoms with Gasteiger partial charge < -0.3 is 4.90 Å². The minimum atomic E-state index is -3.48. The highest BCUT2D eigenvalue weighted by atomic mass is 32.2. The molecule has 5 nitrogen and oxygen atoms in total. The van der Waals surface area contributed by atoms with Gasteiger partial charge in [-0.1, -0.05) is 48.0 Å². The van der Waals surface area contributed by atoms with Crippen LogP contribution in [0.2, 0.25) is 0 Å². The molecule has 0 aliphatic carbocycles. The van der Waals surface area contributed by atoms with Crippen LogP contribution in [0.5, 0.6) is 0 Å². The summed E-state index contributed by atoms with van der Waals surface area (Å²) >= 11 is 1.51. The molecule has 1 fully saturated rings. The zero-order chi connectivity index (χ0) is 20.0. The van der Waals surface area contributed by atoms with Crippen LogP contribution in [0.1, 0.15) is 11.1 Å². The number of amides is 1. The first-order valence-corrected chi connectivity index (χ1v) is 11.6. The van der Waals surface area contributed by atoms with Gasteiger partial charge in [0.1, 0.15) is 0 Å². The minimum Gasteiger partial charge on any atom is -0.339 e. The van der Waals surface area contributed by atoms with Crippen LogP contribution in [0.25, 0.3) is 6.08 Å². The standard InChI is InChI=1S/C21H24N2O3S2/c1-18-6-5-9-20(16-18)27-17-21(24)22-11-13-23(14-12-22)28(25,26)15-10-19-7-3-2-4-8-19/h2-10,15-16H,11-14,17H2,1H3/b15-10+. The van der Waals surface area contributed by atoms with E-state index in [1.165, 1.54) is 27.0 Å². The van der Waals surface area contributed by atoms with Gasteiger partial charge in [0.25, 0.3) is 0 Å². The summed E-state index contributed by atoms with van der Waals surface area (Å²) in [6, 6.07) is 17.4. The first-order chi connectivity index (χ1) is 13.4. The second kappa shape index (κ2) is 9.41. The molecule has 3 rings (SSSR count). The molecular formula is C21H24N2O3S2. The van der Waals surface area contributed by atoms with Crippen LogP contribution in [-0.2, 0) is 14.8 Å². The summed E-state index contributed by atoms with van der Waals surface area (Å²) in [4.78, 5) is 15.3. The van der Waals surface area contributed by atoms with Gasteiger partial charge in [-0.3, -0.25) is 4.79 Å². The predicted octanol–water partition coefficient (Wildman–Crippen LogP) is 3.23. The molecular weight excluding hydrogens is 392 g/mol. The highest BCUT2D eigenvalue weighted by Crippen LogP contribution is 2.20. The van der Waals surface area contributed by atoms with Crippen LogP contribution in [0.15, 0.2) is 64.9 Å². The van der Waals surface area contributed by atoms with Crippen molar-refractivity contribution in [2.45, 2.75) is 11.8 Å². The Kier molecular flexibility index (Phi) is 6.93. The van der Waals surface area contributed by atoms with Crippen molar-refractivity contribution in [1.82, 2.24) is 9.21 Å². The van der Waals surface area contributed by atoms with E-state index in [-0.39, 0.29) is 5.91 Å². The Bertz CT molecular complexity index is 935. The second-order valence-corrected chi connectivity index (χ2v) is 9.51. The summed E-state index contributed by atoms with van der Waals surface area (Å²) in [5, 5.41) is 1.24. The third-order valence-corrected chi connectivity index (χ3v) is 7.08. The van der Waals surface area contributed by atoms with Crippen molar-refractivity contribution in [3.05, 3.63) is 71.1 Å². The van der Waals surface area contributed by atoms with Crippen LogP contribution < -0.4 is 0 Å². The van der Waals surface area contributed by atoms with Gasteiger partial charge in [0, 0.05) is 36.5 Å². The van der Waals surface area contributed by atoms with Crippen molar-refractivity contribution in [2.75, 3.05) is 31.9 Å². The van der Waals surface area contributed by atoms with E-state index < -0.39 is 10.0 Å². The molecule has 0 N–H and O–H groups in total. The van der Waals surface area contributed by atoms with Crippen molar-refractivity contribution >= 4 is 33.8 Å². The average molecular weight is 417 g/mol. The Morgan fingerprint density at radius 3 is 2.43 bits per heavy atom. The number of thioether (sulfide) groups is 1. The van der Waals surface area contributed by atoms with Crippen molar-refractivity contribution in [1.29, 1.82) is 0 Å². The van der Waals surface area contributed by atoms with Crippen LogP contribution in [0.3, 0.4) is 0 Å². The number of aryl methyl sites for hydroxylation is 1. The fourth-order valence-corrected chi connectivity index (χ4v) is 5.04. The molecule has 1 saturated heterocycles. The molecule has 0 radical (unpaired) electrons. The van der Waals surface area contributed by atoms with E-state index in [0.29, 0.717) is 31.9 Å². The van der Waals surface area contributed by atoms with E-state index in [1.807, 2.05) is 55.5 Å². The summed E-state index contributed by atoms with van der Waals surface area (Å²) < 4.78 is 26.5. The average Bonchev–Trinajstić information content (AvgIpc) is 2.71. The van der Waals surface area contributed by atoms with E-state index in [9.17, 15) is 13.2 Å². The number of carbonyl (C=O) groups excluding carboxylic acids is 1. The van der Waals surface area contributed by atoms with Crippen molar-refractivity contribution in [3.63, 3.8) is 0 Å². The first-order valence-electron chi connectivity index (χ1n) is 9.14. The van der Waals surface area contributed by atoms with Crippen LogP contribution in [-0.4, -0.2) is 55.5 Å². The lowest BCUT2D eigenvalue weighted by atomic mass is 10.2. The quantitative estimate of drug-likeness (QED) is 0.679. The minimum absolute atomic E-state index is 0.0448. The topological polar surface area (TPSA) is 57.7 Å².